The third kappa shape index (κ3) is 4.59. The number of anilines is 2. The zero-order valence-electron chi connectivity index (χ0n) is 19.3. The quantitative estimate of drug-likeness (QED) is 0.628. The van der Waals surface area contributed by atoms with Gasteiger partial charge in [0.05, 0.1) is 18.4 Å². The van der Waals surface area contributed by atoms with Crippen LogP contribution < -0.4 is 15.1 Å². The van der Waals surface area contributed by atoms with Crippen LogP contribution in [0.25, 0.3) is 0 Å². The van der Waals surface area contributed by atoms with E-state index in [0.29, 0.717) is 30.5 Å². The number of pyridine rings is 1. The highest BCUT2D eigenvalue weighted by Crippen LogP contribution is 2.33. The second kappa shape index (κ2) is 9.27. The minimum Gasteiger partial charge on any atom is -0.467 e. The molecule has 1 aromatic carbocycles. The largest absolute Gasteiger partial charge is 0.467 e. The van der Waals surface area contributed by atoms with Crippen molar-refractivity contribution in [2.75, 3.05) is 43.0 Å². The van der Waals surface area contributed by atoms with Crippen LogP contribution in [0.5, 0.6) is 0 Å². The van der Waals surface area contributed by atoms with Gasteiger partial charge in [0.25, 0.3) is 5.91 Å². The summed E-state index contributed by atoms with van der Waals surface area (Å²) in [4.78, 5) is 24.5. The van der Waals surface area contributed by atoms with Gasteiger partial charge in [0.2, 0.25) is 0 Å². The Hall–Kier alpha value is -3.32. The molecule has 1 unspecified atom stereocenters. The normalized spacial score (nSPS) is 18.4. The summed E-state index contributed by atoms with van der Waals surface area (Å²) >= 11 is 0. The number of hydrogen-bond acceptors (Lipinski definition) is 6. The molecule has 1 saturated heterocycles. The van der Waals surface area contributed by atoms with E-state index in [0.717, 1.165) is 44.0 Å². The number of furan rings is 1. The molecule has 0 aliphatic carbocycles. The lowest BCUT2D eigenvalue weighted by atomic mass is 10.1. The lowest BCUT2D eigenvalue weighted by molar-refractivity contribution is 0.0949. The lowest BCUT2D eigenvalue weighted by Crippen LogP contribution is -2.44. The summed E-state index contributed by atoms with van der Waals surface area (Å²) in [6.07, 6.45) is 4.46. The third-order valence-corrected chi connectivity index (χ3v) is 6.74. The van der Waals surface area contributed by atoms with Crippen molar-refractivity contribution >= 4 is 17.4 Å². The molecule has 7 nitrogen and oxygen atoms in total. The molecule has 33 heavy (non-hydrogen) atoms. The Morgan fingerprint density at radius 3 is 2.73 bits per heavy atom. The molecule has 1 atom stereocenters. The maximum absolute atomic E-state index is 12.9. The Morgan fingerprint density at radius 2 is 1.94 bits per heavy atom. The summed E-state index contributed by atoms with van der Waals surface area (Å²) in [5.74, 6) is 1.57. The number of nitrogens with one attached hydrogen (secondary N) is 1. The van der Waals surface area contributed by atoms with Crippen LogP contribution >= 0.6 is 0 Å². The van der Waals surface area contributed by atoms with Crippen molar-refractivity contribution in [1.29, 1.82) is 0 Å². The molecule has 172 valence electrons. The van der Waals surface area contributed by atoms with Gasteiger partial charge in [-0.05, 0) is 49.7 Å². The minimum absolute atomic E-state index is 0.123. The van der Waals surface area contributed by atoms with Crippen LogP contribution in [0.2, 0.25) is 0 Å². The predicted octanol–water partition coefficient (Wildman–Crippen LogP) is 3.31. The maximum atomic E-state index is 12.9. The number of carbonyl (C=O) groups excluding carboxylic acids is 1. The van der Waals surface area contributed by atoms with E-state index in [2.05, 4.69) is 63.2 Å². The van der Waals surface area contributed by atoms with E-state index in [4.69, 9.17) is 4.42 Å². The third-order valence-electron chi connectivity index (χ3n) is 6.74. The zero-order chi connectivity index (χ0) is 22.8. The van der Waals surface area contributed by atoms with Crippen LogP contribution in [0.1, 0.15) is 34.2 Å². The number of carbonyl (C=O) groups is 1. The Balaban J connectivity index is 1.20. The molecule has 1 amide bonds. The molecule has 1 fully saturated rings. The smallest absolute Gasteiger partial charge is 0.255 e. The van der Waals surface area contributed by atoms with Crippen molar-refractivity contribution in [2.45, 2.75) is 32.5 Å². The summed E-state index contributed by atoms with van der Waals surface area (Å²) in [5, 5.41) is 3.02. The number of piperazine rings is 1. The number of fused-ring (bicyclic) bond motifs is 1. The number of likely N-dealkylation sites (N-methyl/N-ethyl adjacent to an activating group) is 1. The van der Waals surface area contributed by atoms with Gasteiger partial charge >= 0.3 is 0 Å². The number of rotatable bonds is 6. The molecule has 0 radical (unpaired) electrons. The highest BCUT2D eigenvalue weighted by atomic mass is 16.3. The highest BCUT2D eigenvalue weighted by Gasteiger charge is 2.28. The number of hydrogen-bond donors (Lipinski definition) is 1. The van der Waals surface area contributed by atoms with E-state index in [1.54, 1.807) is 12.3 Å². The molecular formula is C26H31N5O2. The van der Waals surface area contributed by atoms with Crippen LogP contribution in [-0.4, -0.2) is 55.1 Å². The van der Waals surface area contributed by atoms with Crippen LogP contribution in [0.4, 0.5) is 11.5 Å². The average molecular weight is 446 g/mol. The van der Waals surface area contributed by atoms with Gasteiger partial charge in [-0.15, -0.1) is 0 Å². The molecule has 2 aromatic heterocycles. The number of amides is 1. The first-order valence-electron chi connectivity index (χ1n) is 11.7. The van der Waals surface area contributed by atoms with Gasteiger partial charge in [-0.25, -0.2) is 4.98 Å². The number of benzene rings is 1. The fraction of sp³-hybridized carbons (Fsp3) is 0.385. The predicted molar refractivity (Wildman–Crippen MR) is 130 cm³/mol. The first-order valence-corrected chi connectivity index (χ1v) is 11.7. The second-order valence-corrected chi connectivity index (χ2v) is 9.06. The van der Waals surface area contributed by atoms with Gasteiger partial charge in [-0.1, -0.05) is 24.3 Å². The van der Waals surface area contributed by atoms with E-state index < -0.39 is 0 Å². The molecule has 3 aromatic rings. The zero-order valence-corrected chi connectivity index (χ0v) is 19.3. The van der Waals surface area contributed by atoms with Gasteiger partial charge in [0.1, 0.15) is 11.6 Å². The average Bonchev–Trinajstić information content (AvgIpc) is 3.43. The van der Waals surface area contributed by atoms with Gasteiger partial charge in [0.15, 0.2) is 0 Å². The number of nitrogens with zero attached hydrogens (tertiary/aromatic N) is 4. The summed E-state index contributed by atoms with van der Waals surface area (Å²) in [6.45, 7) is 7.30. The van der Waals surface area contributed by atoms with Crippen molar-refractivity contribution in [3.05, 3.63) is 77.4 Å². The Morgan fingerprint density at radius 1 is 1.12 bits per heavy atom. The Labute approximate surface area is 195 Å². The van der Waals surface area contributed by atoms with E-state index >= 15 is 0 Å². The summed E-state index contributed by atoms with van der Waals surface area (Å²) < 4.78 is 5.73. The number of para-hydroxylation sites is 1. The molecule has 0 spiro atoms. The topological polar surface area (TPSA) is 64.9 Å². The van der Waals surface area contributed by atoms with Crippen molar-refractivity contribution in [2.24, 2.45) is 0 Å². The Kier molecular flexibility index (Phi) is 6.05. The van der Waals surface area contributed by atoms with Crippen LogP contribution in [0.3, 0.4) is 0 Å². The van der Waals surface area contributed by atoms with Crippen molar-refractivity contribution in [1.82, 2.24) is 15.2 Å². The maximum Gasteiger partial charge on any atom is 0.255 e. The summed E-state index contributed by atoms with van der Waals surface area (Å²) in [6, 6.07) is 14.7. The molecule has 5 rings (SSSR count). The minimum atomic E-state index is -0.123. The first kappa shape index (κ1) is 21.5. The first-order chi connectivity index (χ1) is 16.1. The van der Waals surface area contributed by atoms with Gasteiger partial charge < -0.3 is 24.4 Å². The molecule has 2 aliphatic heterocycles. The number of aromatic nitrogens is 1. The second-order valence-electron chi connectivity index (χ2n) is 9.06. The van der Waals surface area contributed by atoms with Crippen molar-refractivity contribution in [3.8, 4) is 0 Å². The van der Waals surface area contributed by atoms with Crippen molar-refractivity contribution in [3.63, 3.8) is 0 Å². The molecule has 1 N–H and O–H groups in total. The molecule has 2 aliphatic rings. The fourth-order valence-corrected chi connectivity index (χ4v) is 4.71. The summed E-state index contributed by atoms with van der Waals surface area (Å²) in [7, 11) is 2.15. The fourth-order valence-electron chi connectivity index (χ4n) is 4.71. The lowest BCUT2D eigenvalue weighted by Gasteiger charge is -2.33. The van der Waals surface area contributed by atoms with E-state index in [9.17, 15) is 4.79 Å². The van der Waals surface area contributed by atoms with E-state index in [1.807, 2.05) is 18.3 Å². The highest BCUT2D eigenvalue weighted by molar-refractivity contribution is 5.95. The molecule has 7 heteroatoms. The van der Waals surface area contributed by atoms with Crippen molar-refractivity contribution < 1.29 is 9.21 Å². The van der Waals surface area contributed by atoms with Gasteiger partial charge in [0, 0.05) is 50.6 Å². The van der Waals surface area contributed by atoms with Gasteiger partial charge in [-0.3, -0.25) is 4.79 Å². The van der Waals surface area contributed by atoms with E-state index in [1.165, 1.54) is 11.3 Å². The SMILES string of the molecule is CC1Cc2ccccc2N1Cc1occc1C(=O)NCc1ccc(N2CCN(C)CC2)nc1. The molecule has 0 saturated carbocycles. The van der Waals surface area contributed by atoms with E-state index in [-0.39, 0.29) is 5.91 Å². The molecule has 0 bridgehead atoms. The molecular weight excluding hydrogens is 414 g/mol. The standard InChI is InChI=1S/C26H31N5O2/c1-19-15-21-5-3-4-6-23(21)31(19)18-24-22(9-14-33-24)26(32)28-17-20-7-8-25(27-16-20)30-12-10-29(2)11-13-30/h3-9,14,16,19H,10-13,15,17-18H2,1-2H3,(H,28,32). The Bertz CT molecular complexity index is 1100. The van der Waals surface area contributed by atoms with Crippen LogP contribution in [0, 0.1) is 0 Å². The van der Waals surface area contributed by atoms with Crippen LogP contribution in [0.15, 0.2) is 59.3 Å². The monoisotopic (exact) mass is 445 g/mol. The molecule has 4 heterocycles. The summed E-state index contributed by atoms with van der Waals surface area (Å²) in [5.41, 5.74) is 4.14. The van der Waals surface area contributed by atoms with Crippen LogP contribution in [-0.2, 0) is 19.5 Å². The van der Waals surface area contributed by atoms with Gasteiger partial charge in [-0.2, -0.15) is 0 Å².